The van der Waals surface area contributed by atoms with E-state index in [-0.39, 0.29) is 10.7 Å². The number of allylic oxidation sites excluding steroid dienone is 2. The molecule has 2 atom stereocenters. The summed E-state index contributed by atoms with van der Waals surface area (Å²) in [6.45, 7) is 0.0703. The van der Waals surface area contributed by atoms with Crippen molar-refractivity contribution >= 4 is 34.5 Å². The molecule has 0 aliphatic carbocycles. The molecular weight excluding hydrogens is 447 g/mol. The lowest BCUT2D eigenvalue weighted by atomic mass is 9.90. The highest BCUT2D eigenvalue weighted by Gasteiger charge is 2.39. The van der Waals surface area contributed by atoms with E-state index in [0.717, 1.165) is 16.9 Å². The maximum atomic E-state index is 13.7. The fourth-order valence-corrected chi connectivity index (χ4v) is 4.77. The van der Waals surface area contributed by atoms with Crippen LogP contribution in [0.3, 0.4) is 0 Å². The molecular formula is C21H19ClF3N5S. The van der Waals surface area contributed by atoms with Gasteiger partial charge in [0.2, 0.25) is 0 Å². The number of thiazole rings is 1. The minimum atomic E-state index is -2.73. The number of hydrogen-bond acceptors (Lipinski definition) is 6. The van der Waals surface area contributed by atoms with Crippen molar-refractivity contribution in [2.45, 2.75) is 25.9 Å². The summed E-state index contributed by atoms with van der Waals surface area (Å²) in [7, 11) is 0. The largest absolute Gasteiger partial charge is 0.336 e. The van der Waals surface area contributed by atoms with Crippen LogP contribution in [0.15, 0.2) is 58.3 Å². The first-order chi connectivity index (χ1) is 14.8. The van der Waals surface area contributed by atoms with Crippen LogP contribution in [0, 0.1) is 17.1 Å². The molecule has 1 aromatic heterocycles. The quantitative estimate of drug-likeness (QED) is 0.444. The van der Waals surface area contributed by atoms with Crippen LogP contribution in [0.1, 0.15) is 30.0 Å². The predicted molar refractivity (Wildman–Crippen MR) is 116 cm³/mol. The van der Waals surface area contributed by atoms with E-state index >= 15 is 0 Å². The number of amidine groups is 1. The van der Waals surface area contributed by atoms with Crippen molar-refractivity contribution in [3.05, 3.63) is 74.7 Å². The number of aromatic nitrogens is 1. The Hall–Kier alpha value is -2.65. The third-order valence-corrected chi connectivity index (χ3v) is 6.19. The van der Waals surface area contributed by atoms with E-state index in [1.807, 2.05) is 15.6 Å². The molecule has 1 fully saturated rings. The molecule has 0 bridgehead atoms. The van der Waals surface area contributed by atoms with E-state index in [1.54, 1.807) is 12.3 Å². The molecule has 5 nitrogen and oxygen atoms in total. The van der Waals surface area contributed by atoms with Crippen molar-refractivity contribution in [3.63, 3.8) is 0 Å². The summed E-state index contributed by atoms with van der Waals surface area (Å²) in [4.78, 5) is 11.3. The SMILES string of the molecule is CC1CC2=C(C(=N)/C=C\NC(F)F)[C@H](c3ccc(F)cc3Cl)N=C(c3nccs3)N2C1. The fraction of sp³-hybridized carbons (Fsp3) is 0.286. The van der Waals surface area contributed by atoms with Crippen molar-refractivity contribution in [3.8, 4) is 0 Å². The van der Waals surface area contributed by atoms with Gasteiger partial charge in [0, 0.05) is 46.2 Å². The first-order valence-corrected chi connectivity index (χ1v) is 10.8. The van der Waals surface area contributed by atoms with E-state index in [4.69, 9.17) is 22.0 Å². The van der Waals surface area contributed by atoms with Crippen molar-refractivity contribution in [1.29, 1.82) is 5.41 Å². The summed E-state index contributed by atoms with van der Waals surface area (Å²) in [5.74, 6) is 0.495. The number of aliphatic imine (C=N–C) groups is 1. The number of rotatable bonds is 6. The van der Waals surface area contributed by atoms with Gasteiger partial charge in [-0.3, -0.25) is 4.99 Å². The molecule has 2 N–H and O–H groups in total. The molecule has 1 saturated heterocycles. The van der Waals surface area contributed by atoms with Gasteiger partial charge in [-0.05, 0) is 30.5 Å². The molecule has 0 radical (unpaired) electrons. The molecule has 0 amide bonds. The van der Waals surface area contributed by atoms with E-state index < -0.39 is 18.4 Å². The molecule has 1 aromatic carbocycles. The Kier molecular flexibility index (Phi) is 6.15. The van der Waals surface area contributed by atoms with Crippen molar-refractivity contribution < 1.29 is 13.2 Å². The number of hydrogen-bond donors (Lipinski definition) is 2. The van der Waals surface area contributed by atoms with Crippen molar-refractivity contribution in [1.82, 2.24) is 15.2 Å². The molecule has 2 aliphatic heterocycles. The molecule has 31 heavy (non-hydrogen) atoms. The molecule has 2 aliphatic rings. The molecule has 3 heterocycles. The zero-order valence-electron chi connectivity index (χ0n) is 16.4. The van der Waals surface area contributed by atoms with E-state index in [2.05, 4.69) is 11.9 Å². The Morgan fingerprint density at radius 3 is 2.90 bits per heavy atom. The monoisotopic (exact) mass is 465 g/mol. The van der Waals surface area contributed by atoms with Crippen LogP contribution in [-0.4, -0.2) is 34.5 Å². The van der Waals surface area contributed by atoms with Crippen LogP contribution in [0.4, 0.5) is 13.2 Å². The van der Waals surface area contributed by atoms with E-state index in [1.165, 1.54) is 29.5 Å². The Balaban J connectivity index is 1.86. The minimum absolute atomic E-state index is 0.0366. The van der Waals surface area contributed by atoms with Gasteiger partial charge in [-0.1, -0.05) is 24.6 Å². The van der Waals surface area contributed by atoms with Crippen molar-refractivity contribution in [2.75, 3.05) is 6.54 Å². The Labute approximate surface area is 186 Å². The maximum Gasteiger partial charge on any atom is 0.312 e. The summed E-state index contributed by atoms with van der Waals surface area (Å²) in [6.07, 6.45) is 4.71. The van der Waals surface area contributed by atoms with Gasteiger partial charge in [0.25, 0.3) is 0 Å². The minimum Gasteiger partial charge on any atom is -0.336 e. The van der Waals surface area contributed by atoms with E-state index in [9.17, 15) is 13.2 Å². The molecule has 4 rings (SSSR count). The van der Waals surface area contributed by atoms with Gasteiger partial charge in [0.05, 0.1) is 5.71 Å². The number of nitrogens with zero attached hydrogens (tertiary/aromatic N) is 3. The zero-order valence-corrected chi connectivity index (χ0v) is 18.0. The topological polar surface area (TPSA) is 64.4 Å². The first-order valence-electron chi connectivity index (χ1n) is 9.58. The Morgan fingerprint density at radius 1 is 1.42 bits per heavy atom. The summed E-state index contributed by atoms with van der Waals surface area (Å²) in [5.41, 5.74) is 2.02. The number of benzene rings is 1. The average molecular weight is 466 g/mol. The van der Waals surface area contributed by atoms with Crippen LogP contribution >= 0.6 is 22.9 Å². The zero-order chi connectivity index (χ0) is 22.1. The Bertz CT molecular complexity index is 1080. The molecule has 162 valence electrons. The van der Waals surface area contributed by atoms with Gasteiger partial charge in [0.1, 0.15) is 11.9 Å². The second-order valence-electron chi connectivity index (χ2n) is 7.35. The van der Waals surface area contributed by atoms with Crippen LogP contribution in [-0.2, 0) is 0 Å². The van der Waals surface area contributed by atoms with Crippen LogP contribution in [0.5, 0.6) is 0 Å². The van der Waals surface area contributed by atoms with Gasteiger partial charge in [0.15, 0.2) is 10.8 Å². The lowest BCUT2D eigenvalue weighted by Crippen LogP contribution is -2.35. The highest BCUT2D eigenvalue weighted by molar-refractivity contribution is 7.11. The highest BCUT2D eigenvalue weighted by atomic mass is 35.5. The first kappa shape index (κ1) is 21.6. The summed E-state index contributed by atoms with van der Waals surface area (Å²) >= 11 is 7.81. The maximum absolute atomic E-state index is 13.7. The normalized spacial score (nSPS) is 21.1. The Morgan fingerprint density at radius 2 is 2.23 bits per heavy atom. The van der Waals surface area contributed by atoms with Gasteiger partial charge < -0.3 is 15.6 Å². The second kappa shape index (κ2) is 8.84. The van der Waals surface area contributed by atoms with Crippen LogP contribution < -0.4 is 5.32 Å². The van der Waals surface area contributed by atoms with Crippen LogP contribution in [0.25, 0.3) is 0 Å². The van der Waals surface area contributed by atoms with Gasteiger partial charge in [-0.25, -0.2) is 9.37 Å². The van der Waals surface area contributed by atoms with Crippen molar-refractivity contribution in [2.24, 2.45) is 10.9 Å². The van der Waals surface area contributed by atoms with Gasteiger partial charge >= 0.3 is 6.55 Å². The van der Waals surface area contributed by atoms with Gasteiger partial charge in [-0.15, -0.1) is 11.3 Å². The number of fused-ring (bicyclic) bond motifs is 1. The smallest absolute Gasteiger partial charge is 0.312 e. The molecule has 0 saturated carbocycles. The summed E-state index contributed by atoms with van der Waals surface area (Å²) in [6, 6.07) is 3.36. The third kappa shape index (κ3) is 4.38. The number of alkyl halides is 2. The molecule has 2 aromatic rings. The lowest BCUT2D eigenvalue weighted by Gasteiger charge is -2.32. The van der Waals surface area contributed by atoms with Crippen LogP contribution in [0.2, 0.25) is 5.02 Å². The van der Waals surface area contributed by atoms with Gasteiger partial charge in [-0.2, -0.15) is 8.78 Å². The predicted octanol–water partition coefficient (Wildman–Crippen LogP) is 5.38. The summed E-state index contributed by atoms with van der Waals surface area (Å²) < 4.78 is 38.7. The third-order valence-electron chi connectivity index (χ3n) is 5.10. The second-order valence-corrected chi connectivity index (χ2v) is 8.65. The average Bonchev–Trinajstić information content (AvgIpc) is 3.35. The molecule has 10 heteroatoms. The highest BCUT2D eigenvalue weighted by Crippen LogP contribution is 2.43. The molecule has 1 unspecified atom stereocenters. The summed E-state index contributed by atoms with van der Waals surface area (Å²) in [5, 5.41) is 13.3. The number of halogens is 4. The number of nitrogens with one attached hydrogen (secondary N) is 2. The molecule has 0 spiro atoms. The fourth-order valence-electron chi connectivity index (χ4n) is 3.86. The lowest BCUT2D eigenvalue weighted by molar-refractivity contribution is 0.125. The standard InChI is InChI=1S/C21H19ClF3N5S/c1-11-8-16-17(15(26)4-5-28-21(24)25)18(13-3-2-12(23)9-14(13)22)29-19(30(16)10-11)20-27-6-7-31-20/h2-7,9,11,18,21,26,28H,8,10H2,1H3/b5-4-,26-15?/t11?,18-/m0/s1. The van der Waals surface area contributed by atoms with E-state index in [0.29, 0.717) is 35.9 Å².